The van der Waals surface area contributed by atoms with E-state index in [9.17, 15) is 15.2 Å². The van der Waals surface area contributed by atoms with Crippen LogP contribution in [-0.2, 0) is 0 Å². The number of hydrogen-bond donors (Lipinski definition) is 2. The Bertz CT molecular complexity index is 1130. The largest absolute Gasteiger partial charge is 0.506 e. The molecule has 1 heterocycles. The van der Waals surface area contributed by atoms with E-state index in [-0.39, 0.29) is 11.4 Å². The van der Waals surface area contributed by atoms with Gasteiger partial charge in [-0.15, -0.1) is 5.11 Å². The number of phenols is 1. The van der Waals surface area contributed by atoms with E-state index in [1.807, 2.05) is 24.3 Å². The van der Waals surface area contributed by atoms with Gasteiger partial charge in [0.2, 0.25) is 0 Å². The van der Waals surface area contributed by atoms with Crippen molar-refractivity contribution in [3.05, 3.63) is 70.8 Å². The minimum atomic E-state index is -0.475. The van der Waals surface area contributed by atoms with Gasteiger partial charge in [-0.05, 0) is 24.3 Å². The molecule has 0 atom stereocenters. The summed E-state index contributed by atoms with van der Waals surface area (Å²) in [6.45, 7) is 0. The molecule has 0 saturated heterocycles. The lowest BCUT2D eigenvalue weighted by molar-refractivity contribution is -0.384. The third-order valence-corrected chi connectivity index (χ3v) is 3.94. The van der Waals surface area contributed by atoms with Crippen LogP contribution in [0.5, 0.6) is 5.75 Å². The van der Waals surface area contributed by atoms with Gasteiger partial charge in [0.15, 0.2) is 0 Å². The number of rotatable bonds is 3. The fourth-order valence-corrected chi connectivity index (χ4v) is 2.71. The minimum absolute atomic E-state index is 0.00437. The van der Waals surface area contributed by atoms with Crippen molar-refractivity contribution in [1.82, 2.24) is 4.98 Å². The second kappa shape index (κ2) is 5.72. The third kappa shape index (κ3) is 2.67. The van der Waals surface area contributed by atoms with Gasteiger partial charge in [0.1, 0.15) is 11.4 Å². The molecule has 25 heavy (non-hydrogen) atoms. The van der Waals surface area contributed by atoms with Gasteiger partial charge < -0.3 is 10.1 Å². The van der Waals surface area contributed by atoms with Crippen LogP contribution in [0.2, 0.25) is 0 Å². The van der Waals surface area contributed by atoms with Gasteiger partial charge in [0.05, 0.1) is 16.1 Å². The Morgan fingerprint density at radius 1 is 0.920 bits per heavy atom. The van der Waals surface area contributed by atoms with Gasteiger partial charge in [0.25, 0.3) is 5.69 Å². The number of aromatic nitrogens is 1. The summed E-state index contributed by atoms with van der Waals surface area (Å²) in [5, 5.41) is 30.9. The molecule has 0 bridgehead atoms. The average Bonchev–Trinajstić information content (AvgIpc) is 2.97. The SMILES string of the molecule is O=[N+]([O-])c1ccc(N=Nc2cc3c(cc2O)[nH]c2ccccc23)cc1. The van der Waals surface area contributed by atoms with Crippen molar-refractivity contribution in [2.75, 3.05) is 0 Å². The Morgan fingerprint density at radius 3 is 2.44 bits per heavy atom. The van der Waals surface area contributed by atoms with Gasteiger partial charge in [-0.3, -0.25) is 10.1 Å². The highest BCUT2D eigenvalue weighted by Crippen LogP contribution is 2.36. The summed E-state index contributed by atoms with van der Waals surface area (Å²) < 4.78 is 0. The number of azo groups is 1. The summed E-state index contributed by atoms with van der Waals surface area (Å²) in [4.78, 5) is 13.4. The highest BCUT2D eigenvalue weighted by atomic mass is 16.6. The molecule has 0 saturated carbocycles. The van der Waals surface area contributed by atoms with Crippen LogP contribution < -0.4 is 0 Å². The number of aromatic amines is 1. The molecule has 7 heteroatoms. The van der Waals surface area contributed by atoms with Gasteiger partial charge >= 0.3 is 0 Å². The minimum Gasteiger partial charge on any atom is -0.506 e. The predicted octanol–water partition coefficient (Wildman–Crippen LogP) is 5.35. The molecule has 4 rings (SSSR count). The second-order valence-corrected chi connectivity index (χ2v) is 5.53. The molecule has 0 radical (unpaired) electrons. The van der Waals surface area contributed by atoms with Crippen molar-refractivity contribution in [3.63, 3.8) is 0 Å². The summed E-state index contributed by atoms with van der Waals surface area (Å²) >= 11 is 0. The second-order valence-electron chi connectivity index (χ2n) is 5.53. The van der Waals surface area contributed by atoms with Gasteiger partial charge in [0, 0.05) is 34.5 Å². The van der Waals surface area contributed by atoms with E-state index in [0.717, 1.165) is 21.8 Å². The van der Waals surface area contributed by atoms with E-state index >= 15 is 0 Å². The number of benzene rings is 3. The lowest BCUT2D eigenvalue weighted by atomic mass is 10.1. The Balaban J connectivity index is 1.74. The Labute approximate surface area is 141 Å². The highest BCUT2D eigenvalue weighted by Gasteiger charge is 2.09. The predicted molar refractivity (Wildman–Crippen MR) is 94.7 cm³/mol. The first-order valence-corrected chi connectivity index (χ1v) is 7.51. The van der Waals surface area contributed by atoms with Crippen molar-refractivity contribution in [3.8, 4) is 5.75 Å². The lowest BCUT2D eigenvalue weighted by Gasteiger charge is -1.99. The van der Waals surface area contributed by atoms with Crippen LogP contribution in [0.25, 0.3) is 21.8 Å². The molecular formula is C18H12N4O3. The van der Waals surface area contributed by atoms with Crippen LogP contribution in [-0.4, -0.2) is 15.0 Å². The normalized spacial score (nSPS) is 11.5. The third-order valence-electron chi connectivity index (χ3n) is 3.94. The van der Waals surface area contributed by atoms with E-state index in [0.29, 0.717) is 11.4 Å². The Morgan fingerprint density at radius 2 is 1.68 bits per heavy atom. The summed E-state index contributed by atoms with van der Waals surface area (Å²) in [5.41, 5.74) is 2.57. The fourth-order valence-electron chi connectivity index (χ4n) is 2.71. The highest BCUT2D eigenvalue weighted by molar-refractivity contribution is 6.08. The molecule has 0 spiro atoms. The fraction of sp³-hybridized carbons (Fsp3) is 0. The number of nitro groups is 1. The number of hydrogen-bond acceptors (Lipinski definition) is 5. The van der Waals surface area contributed by atoms with Crippen LogP contribution in [0.15, 0.2) is 70.9 Å². The first-order chi connectivity index (χ1) is 12.1. The van der Waals surface area contributed by atoms with E-state index < -0.39 is 4.92 Å². The van der Waals surface area contributed by atoms with Crippen molar-refractivity contribution in [2.45, 2.75) is 0 Å². The molecule has 2 N–H and O–H groups in total. The Hall–Kier alpha value is -3.74. The maximum absolute atomic E-state index is 10.7. The molecule has 122 valence electrons. The number of non-ortho nitro benzene ring substituents is 1. The van der Waals surface area contributed by atoms with Crippen LogP contribution in [0.3, 0.4) is 0 Å². The number of aromatic hydroxyl groups is 1. The number of phenolic OH excluding ortho intramolecular Hbond substituents is 1. The molecule has 3 aromatic carbocycles. The monoisotopic (exact) mass is 332 g/mol. The zero-order valence-corrected chi connectivity index (χ0v) is 12.9. The number of fused-ring (bicyclic) bond motifs is 3. The standard InChI is InChI=1S/C18H12N4O3/c23-18-10-16-14(13-3-1-2-4-15(13)19-16)9-17(18)21-20-11-5-7-12(8-6-11)22(24)25/h1-10,19,23H. The summed E-state index contributed by atoms with van der Waals surface area (Å²) in [7, 11) is 0. The number of nitro benzene ring substituents is 1. The number of H-pyrrole nitrogens is 1. The van der Waals surface area contributed by atoms with Crippen LogP contribution >= 0.6 is 0 Å². The molecule has 0 fully saturated rings. The zero-order chi connectivity index (χ0) is 17.4. The van der Waals surface area contributed by atoms with Crippen LogP contribution in [0, 0.1) is 10.1 Å². The topological polar surface area (TPSA) is 104 Å². The molecule has 0 aliphatic carbocycles. The van der Waals surface area contributed by atoms with Gasteiger partial charge in [-0.1, -0.05) is 18.2 Å². The van der Waals surface area contributed by atoms with Gasteiger partial charge in [-0.25, -0.2) is 0 Å². The molecular weight excluding hydrogens is 320 g/mol. The van der Waals surface area contributed by atoms with E-state index in [1.54, 1.807) is 12.1 Å². The smallest absolute Gasteiger partial charge is 0.269 e. The molecule has 0 unspecified atom stereocenters. The molecule has 0 amide bonds. The summed E-state index contributed by atoms with van der Waals surface area (Å²) in [5.74, 6) is 0.00437. The first-order valence-electron chi connectivity index (χ1n) is 7.51. The molecule has 1 aromatic heterocycles. The Kier molecular flexibility index (Phi) is 3.39. The zero-order valence-electron chi connectivity index (χ0n) is 12.9. The van der Waals surface area contributed by atoms with Gasteiger partial charge in [-0.2, -0.15) is 5.11 Å². The molecule has 0 aliphatic rings. The lowest BCUT2D eigenvalue weighted by Crippen LogP contribution is -1.85. The van der Waals surface area contributed by atoms with Crippen molar-refractivity contribution in [2.24, 2.45) is 10.2 Å². The number of para-hydroxylation sites is 1. The quantitative estimate of drug-likeness (QED) is 0.300. The van der Waals surface area contributed by atoms with E-state index in [1.165, 1.54) is 24.3 Å². The summed E-state index contributed by atoms with van der Waals surface area (Å²) in [6, 6.07) is 16.9. The van der Waals surface area contributed by atoms with E-state index in [4.69, 9.17) is 0 Å². The molecule has 7 nitrogen and oxygen atoms in total. The average molecular weight is 332 g/mol. The van der Waals surface area contributed by atoms with Crippen LogP contribution in [0.1, 0.15) is 0 Å². The van der Waals surface area contributed by atoms with Crippen molar-refractivity contribution >= 4 is 38.9 Å². The number of nitrogens with one attached hydrogen (secondary N) is 1. The van der Waals surface area contributed by atoms with Crippen molar-refractivity contribution in [1.29, 1.82) is 0 Å². The van der Waals surface area contributed by atoms with E-state index in [2.05, 4.69) is 15.2 Å². The maximum Gasteiger partial charge on any atom is 0.269 e. The summed E-state index contributed by atoms with van der Waals surface area (Å²) in [6.07, 6.45) is 0. The molecule has 0 aliphatic heterocycles. The maximum atomic E-state index is 10.7. The molecule has 4 aromatic rings. The van der Waals surface area contributed by atoms with Crippen molar-refractivity contribution < 1.29 is 10.0 Å². The first kappa shape index (κ1) is 14.8. The van der Waals surface area contributed by atoms with Crippen LogP contribution in [0.4, 0.5) is 17.1 Å². The number of nitrogens with zero attached hydrogens (tertiary/aromatic N) is 3.